The van der Waals surface area contributed by atoms with Crippen LogP contribution in [0, 0.1) is 11.6 Å². The van der Waals surface area contributed by atoms with E-state index in [-0.39, 0.29) is 23.7 Å². The quantitative estimate of drug-likeness (QED) is 0.373. The minimum absolute atomic E-state index is 0.0501. The fourth-order valence-corrected chi connectivity index (χ4v) is 3.33. The third-order valence-corrected chi connectivity index (χ3v) is 5.03. The van der Waals surface area contributed by atoms with E-state index in [2.05, 4.69) is 4.98 Å². The Balaban J connectivity index is 1.34. The number of rotatable bonds is 5. The van der Waals surface area contributed by atoms with Crippen molar-refractivity contribution in [3.05, 3.63) is 101 Å². The second-order valence-corrected chi connectivity index (χ2v) is 7.24. The average Bonchev–Trinajstić information content (AvgIpc) is 3.30. The number of nitrogens with zero attached hydrogens (tertiary/aromatic N) is 1. The van der Waals surface area contributed by atoms with Crippen molar-refractivity contribution in [1.29, 1.82) is 0 Å². The lowest BCUT2D eigenvalue weighted by molar-refractivity contribution is 0.301. The van der Waals surface area contributed by atoms with Crippen molar-refractivity contribution in [3.63, 3.8) is 0 Å². The molecule has 0 saturated heterocycles. The largest absolute Gasteiger partial charge is 0.508 e. The van der Waals surface area contributed by atoms with Crippen molar-refractivity contribution in [2.45, 2.75) is 6.61 Å². The smallest absolute Gasteiger partial charge is 0.226 e. The van der Waals surface area contributed by atoms with Crippen LogP contribution in [0.25, 0.3) is 33.6 Å². The minimum atomic E-state index is -0.991. The molecule has 0 unspecified atom stereocenters. The van der Waals surface area contributed by atoms with Gasteiger partial charge in [-0.15, -0.1) is 0 Å². The number of phenols is 1. The monoisotopic (exact) mass is 447 g/mol. The molecule has 2 aromatic heterocycles. The minimum Gasteiger partial charge on any atom is -0.508 e. The van der Waals surface area contributed by atoms with Crippen molar-refractivity contribution in [1.82, 2.24) is 4.98 Å². The van der Waals surface area contributed by atoms with Gasteiger partial charge in [-0.1, -0.05) is 12.1 Å². The first-order valence-corrected chi connectivity index (χ1v) is 9.85. The Morgan fingerprint density at radius 1 is 0.879 bits per heavy atom. The molecule has 0 atom stereocenters. The van der Waals surface area contributed by atoms with Crippen molar-refractivity contribution in [2.24, 2.45) is 0 Å². The normalized spacial score (nSPS) is 11.1. The fourth-order valence-electron chi connectivity index (χ4n) is 3.33. The summed E-state index contributed by atoms with van der Waals surface area (Å²) in [6, 6.07) is 14.5. The summed E-state index contributed by atoms with van der Waals surface area (Å²) in [5.74, 6) is -1.25. The van der Waals surface area contributed by atoms with Crippen LogP contribution in [-0.2, 0) is 6.61 Å². The van der Waals surface area contributed by atoms with Crippen LogP contribution in [0.1, 0.15) is 5.69 Å². The van der Waals surface area contributed by atoms with Crippen molar-refractivity contribution < 1.29 is 27.5 Å². The zero-order valence-electron chi connectivity index (χ0n) is 16.9. The summed E-state index contributed by atoms with van der Waals surface area (Å²) < 4.78 is 43.2. The fraction of sp³-hybridized carbons (Fsp3) is 0.0400. The van der Waals surface area contributed by atoms with E-state index < -0.39 is 11.6 Å². The van der Waals surface area contributed by atoms with Gasteiger partial charge in [0.1, 0.15) is 41.9 Å². The molecule has 0 fully saturated rings. The average molecular weight is 447 g/mol. The van der Waals surface area contributed by atoms with E-state index in [1.807, 2.05) is 0 Å². The number of hydrogen-bond acceptors (Lipinski definition) is 6. The maximum Gasteiger partial charge on any atom is 0.226 e. The molecule has 3 aromatic carbocycles. The summed E-state index contributed by atoms with van der Waals surface area (Å²) in [7, 11) is 0. The lowest BCUT2D eigenvalue weighted by atomic mass is 10.1. The number of hydrogen-bond donors (Lipinski definition) is 1. The number of aromatic hydroxyl groups is 1. The van der Waals surface area contributed by atoms with E-state index in [1.165, 1.54) is 30.7 Å². The molecular formula is C25H15F2NO5. The highest BCUT2D eigenvalue weighted by Crippen LogP contribution is 2.25. The van der Waals surface area contributed by atoms with Crippen molar-refractivity contribution in [2.75, 3.05) is 0 Å². The van der Waals surface area contributed by atoms with E-state index in [1.54, 1.807) is 30.3 Å². The van der Waals surface area contributed by atoms with E-state index in [0.717, 1.165) is 12.1 Å². The van der Waals surface area contributed by atoms with Crippen molar-refractivity contribution in [3.8, 4) is 34.1 Å². The number of oxazole rings is 1. The molecule has 164 valence electrons. The summed E-state index contributed by atoms with van der Waals surface area (Å²) in [4.78, 5) is 17.1. The second kappa shape index (κ2) is 8.23. The highest BCUT2D eigenvalue weighted by molar-refractivity contribution is 5.82. The van der Waals surface area contributed by atoms with Crippen LogP contribution in [0.15, 0.2) is 86.8 Å². The van der Waals surface area contributed by atoms with E-state index in [0.29, 0.717) is 39.1 Å². The first-order valence-electron chi connectivity index (χ1n) is 9.85. The molecule has 8 heteroatoms. The van der Waals surface area contributed by atoms with Gasteiger partial charge in [0.2, 0.25) is 5.89 Å². The summed E-state index contributed by atoms with van der Waals surface area (Å²) in [6.45, 7) is 0.0501. The summed E-state index contributed by atoms with van der Waals surface area (Å²) in [5.41, 5.74) is 1.90. The van der Waals surface area contributed by atoms with Gasteiger partial charge in [-0.3, -0.25) is 4.79 Å². The van der Waals surface area contributed by atoms with Crippen LogP contribution >= 0.6 is 0 Å². The van der Waals surface area contributed by atoms with Gasteiger partial charge in [-0.05, 0) is 48.0 Å². The number of halogens is 2. The zero-order valence-corrected chi connectivity index (χ0v) is 16.9. The summed E-state index contributed by atoms with van der Waals surface area (Å²) >= 11 is 0. The molecule has 5 aromatic rings. The molecule has 1 N–H and O–H groups in total. The topological polar surface area (TPSA) is 85.7 Å². The number of ether oxygens (including phenoxy) is 1. The number of phenolic OH excluding ortho intramolecular Hbond substituents is 1. The molecular weight excluding hydrogens is 432 g/mol. The third-order valence-electron chi connectivity index (χ3n) is 5.03. The Bertz CT molecular complexity index is 1520. The first kappa shape index (κ1) is 20.4. The standard InChI is InChI=1S/C25H15F2NO5/c26-21-8-3-15(9-22(21)27)25-28-16(12-33-25)11-31-18-6-7-19-23(10-18)32-13-20(24(19)30)14-1-4-17(29)5-2-14/h1-10,12-13,29H,11H2. The highest BCUT2D eigenvalue weighted by Gasteiger charge is 2.12. The number of aromatic nitrogens is 1. The first-order chi connectivity index (χ1) is 16.0. The molecule has 0 spiro atoms. The molecule has 0 radical (unpaired) electrons. The Kier molecular flexibility index (Phi) is 5.10. The van der Waals surface area contributed by atoms with Crippen molar-refractivity contribution >= 4 is 11.0 Å². The molecule has 0 aliphatic heterocycles. The molecule has 0 aliphatic carbocycles. The van der Waals surface area contributed by atoms with Gasteiger partial charge in [-0.25, -0.2) is 13.8 Å². The number of fused-ring (bicyclic) bond motifs is 1. The molecule has 0 saturated carbocycles. The second-order valence-electron chi connectivity index (χ2n) is 7.24. The van der Waals surface area contributed by atoms with Gasteiger partial charge >= 0.3 is 0 Å². The predicted octanol–water partition coefficient (Wildman–Crippen LogP) is 5.68. The lowest BCUT2D eigenvalue weighted by Crippen LogP contribution is -2.05. The third kappa shape index (κ3) is 4.06. The SMILES string of the molecule is O=c1c(-c2ccc(O)cc2)coc2cc(OCc3coc(-c4ccc(F)c(F)c4)n3)ccc12. The van der Waals surface area contributed by atoms with Gasteiger partial charge in [0.15, 0.2) is 17.1 Å². The molecule has 6 nitrogen and oxygen atoms in total. The Hall–Kier alpha value is -4.46. The van der Waals surface area contributed by atoms with Crippen LogP contribution in [0.3, 0.4) is 0 Å². The summed E-state index contributed by atoms with van der Waals surface area (Å²) in [5, 5.41) is 9.82. The van der Waals surface area contributed by atoms with Crippen LogP contribution in [0.4, 0.5) is 8.78 Å². The van der Waals surface area contributed by atoms with Crippen LogP contribution in [-0.4, -0.2) is 10.1 Å². The Morgan fingerprint density at radius 2 is 1.67 bits per heavy atom. The van der Waals surface area contributed by atoms with Crippen LogP contribution in [0.2, 0.25) is 0 Å². The van der Waals surface area contributed by atoms with Gasteiger partial charge in [0.25, 0.3) is 0 Å². The molecule has 5 rings (SSSR count). The van der Waals surface area contributed by atoms with Gasteiger partial charge in [0, 0.05) is 11.6 Å². The molecule has 2 heterocycles. The van der Waals surface area contributed by atoms with Gasteiger partial charge in [-0.2, -0.15) is 0 Å². The maximum absolute atomic E-state index is 13.4. The van der Waals surface area contributed by atoms with Gasteiger partial charge in [0.05, 0.1) is 10.9 Å². The van der Waals surface area contributed by atoms with Gasteiger partial charge < -0.3 is 18.7 Å². The summed E-state index contributed by atoms with van der Waals surface area (Å²) in [6.07, 6.45) is 2.73. The predicted molar refractivity (Wildman–Crippen MR) is 116 cm³/mol. The Morgan fingerprint density at radius 3 is 2.45 bits per heavy atom. The number of benzene rings is 3. The highest BCUT2D eigenvalue weighted by atomic mass is 19.2. The van der Waals surface area contributed by atoms with E-state index in [4.69, 9.17) is 13.6 Å². The maximum atomic E-state index is 13.4. The zero-order chi connectivity index (χ0) is 22.9. The molecule has 0 amide bonds. The molecule has 33 heavy (non-hydrogen) atoms. The van der Waals surface area contributed by atoms with Crippen LogP contribution < -0.4 is 10.2 Å². The molecule has 0 aliphatic rings. The lowest BCUT2D eigenvalue weighted by Gasteiger charge is -2.06. The van der Waals surface area contributed by atoms with Crippen LogP contribution in [0.5, 0.6) is 11.5 Å². The van der Waals surface area contributed by atoms with E-state index >= 15 is 0 Å². The van der Waals surface area contributed by atoms with E-state index in [9.17, 15) is 18.7 Å². The Labute approximate surface area is 185 Å². The molecule has 0 bridgehead atoms.